The average molecular weight is 476 g/mol. The van der Waals surface area contributed by atoms with Crippen LogP contribution in [-0.2, 0) is 20.7 Å². The van der Waals surface area contributed by atoms with Crippen LogP contribution >= 0.6 is 0 Å². The highest BCUT2D eigenvalue weighted by atomic mass is 16.5. The third kappa shape index (κ3) is 5.47. The Kier molecular flexibility index (Phi) is 7.07. The number of nitrogens with one attached hydrogen (secondary N) is 2. The van der Waals surface area contributed by atoms with E-state index < -0.39 is 30.1 Å². The average Bonchev–Trinajstić information content (AvgIpc) is 3.16. The first-order valence-corrected chi connectivity index (χ1v) is 11.1. The standard InChI is InChI=1S/C26H25N3O6/c1-15(30)24(25(32)33)29-23(31)12-16-10-11-17(13-27-16)28-26(34)35-14-22-20-8-4-2-6-18(20)19-7-3-5-9-21(19)22/h2-11,13,15,22,24,30H,12,14H2,1H3,(H,28,34)(H,29,31)(H,32,33). The molecule has 0 spiro atoms. The van der Waals surface area contributed by atoms with Gasteiger partial charge < -0.3 is 20.3 Å². The first-order valence-electron chi connectivity index (χ1n) is 11.1. The number of hydrogen-bond acceptors (Lipinski definition) is 6. The van der Waals surface area contributed by atoms with E-state index in [4.69, 9.17) is 9.84 Å². The van der Waals surface area contributed by atoms with Crippen molar-refractivity contribution in [2.75, 3.05) is 11.9 Å². The number of carboxylic acid groups (broad SMARTS) is 1. The zero-order chi connectivity index (χ0) is 24.9. The molecule has 0 saturated carbocycles. The summed E-state index contributed by atoms with van der Waals surface area (Å²) >= 11 is 0. The Morgan fingerprint density at radius 2 is 1.63 bits per heavy atom. The highest BCUT2D eigenvalue weighted by Gasteiger charge is 2.29. The molecular weight excluding hydrogens is 450 g/mol. The van der Waals surface area contributed by atoms with Crippen LogP contribution in [0.5, 0.6) is 0 Å². The van der Waals surface area contributed by atoms with Crippen molar-refractivity contribution in [1.29, 1.82) is 0 Å². The van der Waals surface area contributed by atoms with Crippen molar-refractivity contribution in [3.8, 4) is 11.1 Å². The van der Waals surface area contributed by atoms with E-state index in [0.29, 0.717) is 11.4 Å². The minimum absolute atomic E-state index is 0.0524. The van der Waals surface area contributed by atoms with E-state index in [1.807, 2.05) is 36.4 Å². The zero-order valence-corrected chi connectivity index (χ0v) is 19.0. The number of aliphatic carboxylic acids is 1. The van der Waals surface area contributed by atoms with Gasteiger partial charge in [0.25, 0.3) is 0 Å². The monoisotopic (exact) mass is 475 g/mol. The third-order valence-corrected chi connectivity index (χ3v) is 5.82. The van der Waals surface area contributed by atoms with Crippen LogP contribution in [0.3, 0.4) is 0 Å². The summed E-state index contributed by atoms with van der Waals surface area (Å²) in [5.41, 5.74) is 5.28. The van der Waals surface area contributed by atoms with Crippen molar-refractivity contribution in [3.05, 3.63) is 83.7 Å². The second-order valence-electron chi connectivity index (χ2n) is 8.29. The second-order valence-corrected chi connectivity index (χ2v) is 8.29. The number of aliphatic hydroxyl groups is 1. The Balaban J connectivity index is 1.32. The summed E-state index contributed by atoms with van der Waals surface area (Å²) in [6.07, 6.45) is -0.664. The fraction of sp³-hybridized carbons (Fsp3) is 0.231. The van der Waals surface area contributed by atoms with E-state index >= 15 is 0 Å². The molecule has 2 aromatic carbocycles. The van der Waals surface area contributed by atoms with Crippen molar-refractivity contribution in [2.24, 2.45) is 0 Å². The molecule has 4 N–H and O–H groups in total. The SMILES string of the molecule is CC(O)C(NC(=O)Cc1ccc(NC(=O)OCC2c3ccccc3-c3ccccc32)cn1)C(=O)O. The zero-order valence-electron chi connectivity index (χ0n) is 19.0. The number of aromatic nitrogens is 1. The summed E-state index contributed by atoms with van der Waals surface area (Å²) in [6, 6.07) is 17.8. The number of ether oxygens (including phenoxy) is 1. The molecule has 180 valence electrons. The topological polar surface area (TPSA) is 138 Å². The Bertz CT molecular complexity index is 1200. The maximum atomic E-state index is 12.4. The molecule has 4 rings (SSSR count). The van der Waals surface area contributed by atoms with Gasteiger partial charge in [0.1, 0.15) is 6.61 Å². The lowest BCUT2D eigenvalue weighted by molar-refractivity contribution is -0.144. The molecule has 0 aliphatic heterocycles. The van der Waals surface area contributed by atoms with E-state index in [1.54, 1.807) is 6.07 Å². The Morgan fingerprint density at radius 1 is 1.00 bits per heavy atom. The number of hydrogen-bond donors (Lipinski definition) is 4. The highest BCUT2D eigenvalue weighted by molar-refractivity contribution is 5.86. The summed E-state index contributed by atoms with van der Waals surface area (Å²) in [5, 5.41) is 23.4. The van der Waals surface area contributed by atoms with Gasteiger partial charge in [0.05, 0.1) is 24.4 Å². The lowest BCUT2D eigenvalue weighted by Crippen LogP contribution is -2.48. The predicted octanol–water partition coefficient (Wildman–Crippen LogP) is 2.94. The first kappa shape index (κ1) is 23.9. The largest absolute Gasteiger partial charge is 0.480 e. The maximum absolute atomic E-state index is 12.4. The van der Waals surface area contributed by atoms with Gasteiger partial charge in [-0.05, 0) is 41.3 Å². The summed E-state index contributed by atoms with van der Waals surface area (Å²) in [4.78, 5) is 39.7. The molecule has 0 saturated heterocycles. The molecule has 0 bridgehead atoms. The first-order chi connectivity index (χ1) is 16.8. The molecule has 3 aromatic rings. The van der Waals surface area contributed by atoms with Gasteiger partial charge in [0.2, 0.25) is 5.91 Å². The van der Waals surface area contributed by atoms with Crippen LogP contribution in [0.1, 0.15) is 29.7 Å². The molecule has 9 heteroatoms. The number of carbonyl (C=O) groups excluding carboxylic acids is 2. The maximum Gasteiger partial charge on any atom is 0.411 e. The number of fused-ring (bicyclic) bond motifs is 3. The number of benzene rings is 2. The summed E-state index contributed by atoms with van der Waals surface area (Å²) in [7, 11) is 0. The van der Waals surface area contributed by atoms with Gasteiger partial charge >= 0.3 is 12.1 Å². The van der Waals surface area contributed by atoms with Crippen molar-refractivity contribution in [1.82, 2.24) is 10.3 Å². The van der Waals surface area contributed by atoms with Gasteiger partial charge in [0.15, 0.2) is 6.04 Å². The quantitative estimate of drug-likeness (QED) is 0.393. The number of rotatable bonds is 8. The van der Waals surface area contributed by atoms with Crippen molar-refractivity contribution in [2.45, 2.75) is 31.4 Å². The molecule has 1 aliphatic carbocycles. The third-order valence-electron chi connectivity index (χ3n) is 5.82. The number of anilines is 1. The Morgan fingerprint density at radius 3 is 2.17 bits per heavy atom. The molecular formula is C26H25N3O6. The van der Waals surface area contributed by atoms with E-state index in [-0.39, 0.29) is 18.9 Å². The van der Waals surface area contributed by atoms with E-state index in [1.165, 1.54) is 19.2 Å². The lowest BCUT2D eigenvalue weighted by atomic mass is 9.98. The van der Waals surface area contributed by atoms with Gasteiger partial charge in [-0.3, -0.25) is 15.1 Å². The van der Waals surface area contributed by atoms with Crippen molar-refractivity contribution in [3.63, 3.8) is 0 Å². The fourth-order valence-electron chi connectivity index (χ4n) is 4.13. The van der Waals surface area contributed by atoms with Gasteiger partial charge in [-0.15, -0.1) is 0 Å². The summed E-state index contributed by atoms with van der Waals surface area (Å²) < 4.78 is 5.51. The van der Waals surface area contributed by atoms with Crippen LogP contribution in [-0.4, -0.2) is 51.9 Å². The molecule has 2 amide bonds. The molecule has 2 unspecified atom stereocenters. The Labute approximate surface area is 201 Å². The number of amides is 2. The van der Waals surface area contributed by atoms with Crippen molar-refractivity contribution < 1.29 is 29.3 Å². The number of aliphatic hydroxyl groups excluding tert-OH is 1. The smallest absolute Gasteiger partial charge is 0.411 e. The van der Waals surface area contributed by atoms with E-state index in [2.05, 4.69) is 27.8 Å². The summed E-state index contributed by atoms with van der Waals surface area (Å²) in [5.74, 6) is -1.98. The second kappa shape index (κ2) is 10.4. The number of pyridine rings is 1. The molecule has 0 fully saturated rings. The normalized spacial score (nSPS) is 13.8. The van der Waals surface area contributed by atoms with Gasteiger partial charge in [0, 0.05) is 11.6 Å². The molecule has 0 radical (unpaired) electrons. The van der Waals surface area contributed by atoms with Crippen LogP contribution in [0, 0.1) is 0 Å². The van der Waals surface area contributed by atoms with Gasteiger partial charge in [-0.25, -0.2) is 9.59 Å². The van der Waals surface area contributed by atoms with E-state index in [9.17, 15) is 19.5 Å². The highest BCUT2D eigenvalue weighted by Crippen LogP contribution is 2.44. The number of carbonyl (C=O) groups is 3. The van der Waals surface area contributed by atoms with E-state index in [0.717, 1.165) is 22.3 Å². The minimum atomic E-state index is -1.41. The fourth-order valence-corrected chi connectivity index (χ4v) is 4.13. The van der Waals surface area contributed by atoms with Crippen LogP contribution in [0.2, 0.25) is 0 Å². The molecule has 1 heterocycles. The number of carboxylic acids is 1. The van der Waals surface area contributed by atoms with Crippen LogP contribution in [0.15, 0.2) is 66.9 Å². The van der Waals surface area contributed by atoms with Crippen LogP contribution in [0.25, 0.3) is 11.1 Å². The van der Waals surface area contributed by atoms with Crippen molar-refractivity contribution >= 4 is 23.7 Å². The predicted molar refractivity (Wildman–Crippen MR) is 128 cm³/mol. The minimum Gasteiger partial charge on any atom is -0.480 e. The van der Waals surface area contributed by atoms with Gasteiger partial charge in [-0.1, -0.05) is 48.5 Å². The number of nitrogens with zero attached hydrogens (tertiary/aromatic N) is 1. The molecule has 1 aliphatic rings. The Hall–Kier alpha value is -4.24. The molecule has 35 heavy (non-hydrogen) atoms. The summed E-state index contributed by atoms with van der Waals surface area (Å²) in [6.45, 7) is 1.46. The molecule has 2 atom stereocenters. The molecule has 1 aromatic heterocycles. The van der Waals surface area contributed by atoms with Crippen LogP contribution < -0.4 is 10.6 Å². The lowest BCUT2D eigenvalue weighted by Gasteiger charge is -2.16. The molecule has 9 nitrogen and oxygen atoms in total. The van der Waals surface area contributed by atoms with Gasteiger partial charge in [-0.2, -0.15) is 0 Å². The van der Waals surface area contributed by atoms with Crippen LogP contribution in [0.4, 0.5) is 10.5 Å².